The van der Waals surface area contributed by atoms with E-state index in [2.05, 4.69) is 31.3 Å². The van der Waals surface area contributed by atoms with Crippen LogP contribution in [-0.2, 0) is 17.5 Å². The molecule has 0 saturated heterocycles. The molecule has 5 nitrogen and oxygen atoms in total. The van der Waals surface area contributed by atoms with Crippen molar-refractivity contribution in [1.82, 2.24) is 14.8 Å². The number of nitrogens with one attached hydrogen (secondary N) is 1. The number of thiazole rings is 1. The standard InChI is InChI=1S/C12H10BrF3N4OS/c13-9-4-17-11(22-9)18-10(21)5-20-7(6-1-2-6)3-8(19-20)12(14,15)16/h3-4,6H,1-2,5H2,(H,17,18,21). The number of halogens is 4. The van der Waals surface area contributed by atoms with E-state index in [4.69, 9.17) is 0 Å². The predicted octanol–water partition coefficient (Wildman–Crippen LogP) is 3.64. The maximum Gasteiger partial charge on any atom is 0.435 e. The molecule has 0 aliphatic heterocycles. The molecule has 1 amide bonds. The molecule has 1 aliphatic carbocycles. The topological polar surface area (TPSA) is 59.8 Å². The fourth-order valence-electron chi connectivity index (χ4n) is 2.01. The average molecular weight is 395 g/mol. The smallest absolute Gasteiger partial charge is 0.300 e. The molecule has 0 radical (unpaired) electrons. The highest BCUT2D eigenvalue weighted by molar-refractivity contribution is 9.11. The third kappa shape index (κ3) is 3.49. The molecule has 10 heteroatoms. The molecule has 0 atom stereocenters. The minimum Gasteiger partial charge on any atom is -0.300 e. The largest absolute Gasteiger partial charge is 0.435 e. The number of amides is 1. The second kappa shape index (κ2) is 5.65. The molecule has 2 aromatic rings. The number of carbonyl (C=O) groups is 1. The first-order chi connectivity index (χ1) is 10.3. The molecule has 0 aromatic carbocycles. The minimum absolute atomic E-state index is 0.0606. The van der Waals surface area contributed by atoms with Crippen LogP contribution in [0.4, 0.5) is 18.3 Å². The fourth-order valence-corrected chi connectivity index (χ4v) is 3.13. The van der Waals surface area contributed by atoms with Crippen LogP contribution < -0.4 is 5.32 Å². The van der Waals surface area contributed by atoms with Gasteiger partial charge in [-0.2, -0.15) is 18.3 Å². The number of anilines is 1. The van der Waals surface area contributed by atoms with E-state index in [0.717, 1.165) is 27.4 Å². The number of nitrogens with zero attached hydrogens (tertiary/aromatic N) is 3. The maximum absolute atomic E-state index is 12.8. The van der Waals surface area contributed by atoms with Crippen molar-refractivity contribution in [3.63, 3.8) is 0 Å². The number of aromatic nitrogens is 3. The van der Waals surface area contributed by atoms with Gasteiger partial charge in [0, 0.05) is 11.6 Å². The highest BCUT2D eigenvalue weighted by Gasteiger charge is 2.38. The SMILES string of the molecule is O=C(Cn1nc(C(F)(F)F)cc1C1CC1)Nc1ncc(Br)s1. The van der Waals surface area contributed by atoms with Gasteiger partial charge < -0.3 is 5.32 Å². The number of hydrogen-bond donors (Lipinski definition) is 1. The number of hydrogen-bond acceptors (Lipinski definition) is 4. The summed E-state index contributed by atoms with van der Waals surface area (Å²) in [4.78, 5) is 15.9. The highest BCUT2D eigenvalue weighted by atomic mass is 79.9. The number of carbonyl (C=O) groups excluding carboxylic acids is 1. The predicted molar refractivity (Wildman–Crippen MR) is 77.6 cm³/mol. The van der Waals surface area contributed by atoms with E-state index in [1.54, 1.807) is 0 Å². The van der Waals surface area contributed by atoms with E-state index in [1.165, 1.54) is 17.5 Å². The first-order valence-electron chi connectivity index (χ1n) is 6.39. The van der Waals surface area contributed by atoms with Gasteiger partial charge in [0.2, 0.25) is 5.91 Å². The van der Waals surface area contributed by atoms with Gasteiger partial charge in [0.05, 0.1) is 9.98 Å². The lowest BCUT2D eigenvalue weighted by atomic mass is 10.2. The molecular weight excluding hydrogens is 385 g/mol. The molecule has 1 fully saturated rings. The molecule has 1 aliphatic rings. The zero-order valence-electron chi connectivity index (χ0n) is 11.0. The van der Waals surface area contributed by atoms with E-state index < -0.39 is 17.8 Å². The van der Waals surface area contributed by atoms with Gasteiger partial charge in [-0.25, -0.2) is 4.98 Å². The van der Waals surface area contributed by atoms with Gasteiger partial charge >= 0.3 is 6.18 Å². The summed E-state index contributed by atoms with van der Waals surface area (Å²) < 4.78 is 40.2. The summed E-state index contributed by atoms with van der Waals surface area (Å²) in [5.41, 5.74) is -0.498. The van der Waals surface area contributed by atoms with Gasteiger partial charge in [0.15, 0.2) is 10.8 Å². The van der Waals surface area contributed by atoms with Crippen LogP contribution in [0, 0.1) is 0 Å². The summed E-state index contributed by atoms with van der Waals surface area (Å²) in [6.07, 6.45) is -1.33. The quantitative estimate of drug-likeness (QED) is 0.860. The van der Waals surface area contributed by atoms with Crippen LogP contribution in [-0.4, -0.2) is 20.7 Å². The van der Waals surface area contributed by atoms with Crippen LogP contribution in [0.1, 0.15) is 30.1 Å². The molecule has 118 valence electrons. The third-order valence-electron chi connectivity index (χ3n) is 3.11. The van der Waals surface area contributed by atoms with Gasteiger partial charge in [0.1, 0.15) is 6.54 Å². The maximum atomic E-state index is 12.8. The Bertz CT molecular complexity index is 708. The van der Waals surface area contributed by atoms with Crippen molar-refractivity contribution < 1.29 is 18.0 Å². The monoisotopic (exact) mass is 394 g/mol. The Balaban J connectivity index is 1.76. The van der Waals surface area contributed by atoms with Gasteiger partial charge in [-0.05, 0) is 34.8 Å². The molecule has 22 heavy (non-hydrogen) atoms. The second-order valence-corrected chi connectivity index (χ2v) is 7.31. The molecule has 2 aromatic heterocycles. The molecular formula is C12H10BrF3N4OS. The Labute approximate surface area is 135 Å². The van der Waals surface area contributed by atoms with Crippen molar-refractivity contribution in [2.75, 3.05) is 5.32 Å². The van der Waals surface area contributed by atoms with Crippen molar-refractivity contribution in [2.45, 2.75) is 31.5 Å². The van der Waals surface area contributed by atoms with Crippen LogP contribution in [0.15, 0.2) is 16.0 Å². The van der Waals surface area contributed by atoms with Crippen LogP contribution in [0.2, 0.25) is 0 Å². The van der Waals surface area contributed by atoms with E-state index >= 15 is 0 Å². The van der Waals surface area contributed by atoms with E-state index in [1.807, 2.05) is 0 Å². The Morgan fingerprint density at radius 3 is 2.77 bits per heavy atom. The Morgan fingerprint density at radius 1 is 1.50 bits per heavy atom. The van der Waals surface area contributed by atoms with E-state index in [9.17, 15) is 18.0 Å². The Kier molecular flexibility index (Phi) is 3.98. The van der Waals surface area contributed by atoms with Gasteiger partial charge in [-0.3, -0.25) is 9.48 Å². The van der Waals surface area contributed by atoms with Crippen molar-refractivity contribution in [1.29, 1.82) is 0 Å². The Hall–Kier alpha value is -1.42. The van der Waals surface area contributed by atoms with Crippen molar-refractivity contribution in [3.05, 3.63) is 27.4 Å². The molecule has 0 spiro atoms. The van der Waals surface area contributed by atoms with E-state index in [0.29, 0.717) is 10.8 Å². The van der Waals surface area contributed by atoms with Crippen LogP contribution in [0.5, 0.6) is 0 Å². The second-order valence-electron chi connectivity index (χ2n) is 4.90. The summed E-state index contributed by atoms with van der Waals surface area (Å²) in [7, 11) is 0. The molecule has 2 heterocycles. The lowest BCUT2D eigenvalue weighted by Gasteiger charge is -2.06. The van der Waals surface area contributed by atoms with Gasteiger partial charge in [0.25, 0.3) is 0 Å². The lowest BCUT2D eigenvalue weighted by Crippen LogP contribution is -2.21. The van der Waals surface area contributed by atoms with Crippen molar-refractivity contribution >= 4 is 38.3 Å². The summed E-state index contributed by atoms with van der Waals surface area (Å²) in [5, 5.41) is 6.46. The third-order valence-corrected chi connectivity index (χ3v) is 4.51. The first kappa shape index (κ1) is 15.5. The van der Waals surface area contributed by atoms with Crippen LogP contribution in [0.25, 0.3) is 0 Å². The summed E-state index contributed by atoms with van der Waals surface area (Å²) in [6.45, 7) is -0.265. The van der Waals surface area contributed by atoms with Gasteiger partial charge in [-0.15, -0.1) is 0 Å². The van der Waals surface area contributed by atoms with Crippen LogP contribution >= 0.6 is 27.3 Å². The zero-order valence-corrected chi connectivity index (χ0v) is 13.4. The fraction of sp³-hybridized carbons (Fsp3) is 0.417. The minimum atomic E-state index is -4.51. The van der Waals surface area contributed by atoms with Gasteiger partial charge in [-0.1, -0.05) is 11.3 Å². The van der Waals surface area contributed by atoms with E-state index in [-0.39, 0.29) is 12.5 Å². The number of alkyl halides is 3. The van der Waals surface area contributed by atoms with Crippen molar-refractivity contribution in [2.24, 2.45) is 0 Å². The molecule has 0 bridgehead atoms. The summed E-state index contributed by atoms with van der Waals surface area (Å²) in [5.74, 6) is -0.397. The molecule has 1 saturated carbocycles. The van der Waals surface area contributed by atoms with Crippen molar-refractivity contribution in [3.8, 4) is 0 Å². The average Bonchev–Trinajstić information content (AvgIpc) is 3.03. The Morgan fingerprint density at radius 2 is 2.23 bits per heavy atom. The highest BCUT2D eigenvalue weighted by Crippen LogP contribution is 2.42. The number of rotatable bonds is 4. The molecule has 0 unspecified atom stereocenters. The normalized spacial score (nSPS) is 15.1. The first-order valence-corrected chi connectivity index (χ1v) is 8.00. The van der Waals surface area contributed by atoms with Crippen LogP contribution in [0.3, 0.4) is 0 Å². The molecule has 1 N–H and O–H groups in total. The lowest BCUT2D eigenvalue weighted by molar-refractivity contribution is -0.141. The zero-order chi connectivity index (χ0) is 15.9. The summed E-state index contributed by atoms with van der Waals surface area (Å²) in [6, 6.07) is 1.03. The summed E-state index contributed by atoms with van der Waals surface area (Å²) >= 11 is 4.44. The molecule has 3 rings (SSSR count).